The van der Waals surface area contributed by atoms with E-state index in [0.29, 0.717) is 30.1 Å². The molecule has 2 aliphatic heterocycles. The molecule has 0 spiro atoms. The molecule has 2 aromatic rings. The molecule has 0 atom stereocenters. The molecule has 0 bridgehead atoms. The summed E-state index contributed by atoms with van der Waals surface area (Å²) in [6, 6.07) is 5.52. The molecule has 0 unspecified atom stereocenters. The summed E-state index contributed by atoms with van der Waals surface area (Å²) in [4.78, 5) is 17.5. The average molecular weight is 512 g/mol. The fourth-order valence-corrected chi connectivity index (χ4v) is 5.11. The van der Waals surface area contributed by atoms with Gasteiger partial charge in [0.15, 0.2) is 23.1 Å². The number of carbonyl (C=O) groups excluding carboxylic acids is 1. The third-order valence-corrected chi connectivity index (χ3v) is 7.20. The van der Waals surface area contributed by atoms with Gasteiger partial charge in [0.2, 0.25) is 0 Å². The number of hydrogen-bond acceptors (Lipinski definition) is 6. The van der Waals surface area contributed by atoms with Crippen LogP contribution in [0.25, 0.3) is 0 Å². The highest BCUT2D eigenvalue weighted by Crippen LogP contribution is 2.47. The molecular weight excluding hydrogens is 473 g/mol. The van der Waals surface area contributed by atoms with E-state index in [0.717, 1.165) is 23.5 Å². The molecule has 37 heavy (non-hydrogen) atoms. The van der Waals surface area contributed by atoms with Gasteiger partial charge in [-0.3, -0.25) is 10.2 Å². The van der Waals surface area contributed by atoms with Gasteiger partial charge in [-0.1, -0.05) is 20.8 Å². The zero-order valence-corrected chi connectivity index (χ0v) is 23.2. The summed E-state index contributed by atoms with van der Waals surface area (Å²) in [5.74, 6) is 0.316. The molecule has 2 aromatic carbocycles. The van der Waals surface area contributed by atoms with Crippen molar-refractivity contribution in [2.24, 2.45) is 0 Å². The van der Waals surface area contributed by atoms with Crippen molar-refractivity contribution >= 4 is 17.3 Å². The second kappa shape index (κ2) is 9.54. The Balaban J connectivity index is 1.74. The molecule has 0 aliphatic carbocycles. The molecule has 0 aromatic heterocycles. The summed E-state index contributed by atoms with van der Waals surface area (Å²) in [7, 11) is 1.99. The molecule has 200 valence electrons. The van der Waals surface area contributed by atoms with Crippen LogP contribution in [0, 0.1) is 11.2 Å². The summed E-state index contributed by atoms with van der Waals surface area (Å²) < 4.78 is 33.0. The van der Waals surface area contributed by atoms with Crippen LogP contribution in [0.3, 0.4) is 0 Å². The average Bonchev–Trinajstić information content (AvgIpc) is 3.01. The van der Waals surface area contributed by atoms with Crippen molar-refractivity contribution in [3.05, 3.63) is 46.3 Å². The van der Waals surface area contributed by atoms with Crippen LogP contribution in [0.2, 0.25) is 0 Å². The number of anilines is 1. The lowest BCUT2D eigenvalue weighted by Gasteiger charge is -2.35. The minimum Gasteiger partial charge on any atom is -0.490 e. The molecular formula is C29H38FN3O4. The summed E-state index contributed by atoms with van der Waals surface area (Å²) in [5.41, 5.74) is 2.11. The van der Waals surface area contributed by atoms with Crippen LogP contribution in [0.4, 0.5) is 10.1 Å². The van der Waals surface area contributed by atoms with E-state index in [4.69, 9.17) is 19.6 Å². The minimum atomic E-state index is -0.805. The zero-order valence-electron chi connectivity index (χ0n) is 23.2. The van der Waals surface area contributed by atoms with Crippen LogP contribution in [0.15, 0.2) is 18.2 Å². The number of nitrogens with one attached hydrogen (secondary N) is 1. The van der Waals surface area contributed by atoms with Crippen LogP contribution in [0.1, 0.15) is 75.5 Å². The molecule has 0 saturated heterocycles. The van der Waals surface area contributed by atoms with Gasteiger partial charge in [0.25, 0.3) is 0 Å². The zero-order chi connectivity index (χ0) is 27.3. The fourth-order valence-electron chi connectivity index (χ4n) is 5.11. The van der Waals surface area contributed by atoms with Crippen molar-refractivity contribution in [1.82, 2.24) is 4.90 Å². The number of amidine groups is 1. The van der Waals surface area contributed by atoms with Gasteiger partial charge in [0.05, 0.1) is 43.1 Å². The number of likely N-dealkylation sites (N-methyl/N-ethyl adjacent to an activating group) is 1. The highest BCUT2D eigenvalue weighted by Gasteiger charge is 2.45. The van der Waals surface area contributed by atoms with Crippen LogP contribution >= 0.6 is 0 Å². The quantitative estimate of drug-likeness (QED) is 0.494. The van der Waals surface area contributed by atoms with E-state index in [1.165, 1.54) is 0 Å². The van der Waals surface area contributed by atoms with Crippen molar-refractivity contribution in [3.8, 4) is 17.2 Å². The standard InChI is InChI=1S/C29H38FN3O4/c1-9-35-22-15-18-23(24(30)26(22)36-10-2)27(31)33(29(18,6)7)16-21(34)17-13-19(28(3,4)5)25-20(14-17)32(8)11-12-37-25/h13-15,31H,9-12,16H2,1-8H3. The first-order chi connectivity index (χ1) is 17.3. The third kappa shape index (κ3) is 4.51. The largest absolute Gasteiger partial charge is 0.490 e. The lowest BCUT2D eigenvalue weighted by atomic mass is 9.84. The van der Waals surface area contributed by atoms with Crippen LogP contribution in [-0.2, 0) is 11.0 Å². The Bertz CT molecular complexity index is 1250. The predicted octanol–water partition coefficient (Wildman–Crippen LogP) is 5.51. The van der Waals surface area contributed by atoms with Crippen LogP contribution in [-0.4, -0.2) is 56.5 Å². The van der Waals surface area contributed by atoms with E-state index in [1.807, 2.05) is 40.0 Å². The van der Waals surface area contributed by atoms with Crippen molar-refractivity contribution < 1.29 is 23.4 Å². The van der Waals surface area contributed by atoms with Gasteiger partial charge in [0.1, 0.15) is 18.2 Å². The van der Waals surface area contributed by atoms with Gasteiger partial charge in [-0.05, 0) is 56.9 Å². The van der Waals surface area contributed by atoms with Gasteiger partial charge < -0.3 is 24.0 Å². The first-order valence-electron chi connectivity index (χ1n) is 12.9. The maximum absolute atomic E-state index is 15.7. The summed E-state index contributed by atoms with van der Waals surface area (Å²) in [5, 5.41) is 8.88. The van der Waals surface area contributed by atoms with Gasteiger partial charge in [-0.2, -0.15) is 0 Å². The normalized spacial score (nSPS) is 16.3. The number of ether oxygens (including phenoxy) is 3. The number of hydrogen-bond donors (Lipinski definition) is 1. The third-order valence-electron chi connectivity index (χ3n) is 7.20. The summed E-state index contributed by atoms with van der Waals surface area (Å²) in [6.07, 6.45) is 0. The van der Waals surface area contributed by atoms with Crippen LogP contribution < -0.4 is 19.1 Å². The number of nitrogens with zero attached hydrogens (tertiary/aromatic N) is 2. The number of rotatable bonds is 7. The monoisotopic (exact) mass is 511 g/mol. The van der Waals surface area contributed by atoms with Gasteiger partial charge >= 0.3 is 0 Å². The lowest BCUT2D eigenvalue weighted by Crippen LogP contribution is -2.42. The Kier molecular flexibility index (Phi) is 6.90. The smallest absolute Gasteiger partial charge is 0.197 e. The van der Waals surface area contributed by atoms with E-state index in [1.54, 1.807) is 17.9 Å². The van der Waals surface area contributed by atoms with E-state index in [-0.39, 0.29) is 41.5 Å². The maximum Gasteiger partial charge on any atom is 0.197 e. The van der Waals surface area contributed by atoms with E-state index >= 15 is 4.39 Å². The lowest BCUT2D eigenvalue weighted by molar-refractivity contribution is 0.0920. The number of ketones is 1. The number of carbonyl (C=O) groups is 1. The highest BCUT2D eigenvalue weighted by molar-refractivity contribution is 6.07. The van der Waals surface area contributed by atoms with Crippen molar-refractivity contribution in [2.45, 2.75) is 59.4 Å². The Morgan fingerprint density at radius 1 is 1.16 bits per heavy atom. The van der Waals surface area contributed by atoms with E-state index in [9.17, 15) is 4.79 Å². The second-order valence-corrected chi connectivity index (χ2v) is 11.1. The molecule has 0 fully saturated rings. The SMILES string of the molecule is CCOc1cc2c(c(F)c1OCC)C(=N)N(CC(=O)c1cc3c(c(C(C)(C)C)c1)OCCN3C)C2(C)C. The molecule has 2 aliphatic rings. The molecule has 0 radical (unpaired) electrons. The van der Waals surface area contributed by atoms with Crippen molar-refractivity contribution in [3.63, 3.8) is 0 Å². The van der Waals surface area contributed by atoms with Gasteiger partial charge in [-0.15, -0.1) is 0 Å². The number of halogens is 1. The van der Waals surface area contributed by atoms with Crippen molar-refractivity contribution in [2.75, 3.05) is 44.9 Å². The minimum absolute atomic E-state index is 0.00405. The topological polar surface area (TPSA) is 75.1 Å². The Hall–Kier alpha value is -3.29. The second-order valence-electron chi connectivity index (χ2n) is 11.1. The molecule has 4 rings (SSSR count). The van der Waals surface area contributed by atoms with E-state index in [2.05, 4.69) is 25.7 Å². The molecule has 2 heterocycles. The fraction of sp³-hybridized carbons (Fsp3) is 0.517. The molecule has 8 heteroatoms. The number of benzene rings is 2. The molecule has 0 amide bonds. The highest BCUT2D eigenvalue weighted by atomic mass is 19.1. The number of fused-ring (bicyclic) bond motifs is 2. The van der Waals surface area contributed by atoms with Crippen LogP contribution in [0.5, 0.6) is 17.2 Å². The Labute approximate surface area is 219 Å². The summed E-state index contributed by atoms with van der Waals surface area (Å²) >= 11 is 0. The van der Waals surface area contributed by atoms with Gasteiger partial charge in [0, 0.05) is 18.2 Å². The maximum atomic E-state index is 15.7. The van der Waals surface area contributed by atoms with Gasteiger partial charge in [-0.25, -0.2) is 4.39 Å². The first kappa shape index (κ1) is 26.8. The van der Waals surface area contributed by atoms with E-state index < -0.39 is 11.4 Å². The molecule has 0 saturated carbocycles. The Morgan fingerprint density at radius 3 is 2.46 bits per heavy atom. The number of Topliss-reactive ketones (excluding diaryl/α,β-unsaturated/α-hetero) is 1. The molecule has 7 nitrogen and oxygen atoms in total. The summed E-state index contributed by atoms with van der Waals surface area (Å²) in [6.45, 7) is 15.6. The molecule has 1 N–H and O–H groups in total. The first-order valence-corrected chi connectivity index (χ1v) is 12.9. The predicted molar refractivity (Wildman–Crippen MR) is 144 cm³/mol. The van der Waals surface area contributed by atoms with Crippen molar-refractivity contribution in [1.29, 1.82) is 5.41 Å². The Morgan fingerprint density at radius 2 is 1.84 bits per heavy atom.